The Kier molecular flexibility index (Phi) is 5.34. The lowest BCUT2D eigenvalue weighted by molar-refractivity contribution is 0.0669. The van der Waals surface area contributed by atoms with Crippen LogP contribution in [0.5, 0.6) is 5.75 Å². The molecule has 1 atom stereocenters. The van der Waals surface area contributed by atoms with Crippen molar-refractivity contribution in [3.63, 3.8) is 0 Å². The molecule has 1 heterocycles. The fourth-order valence-electron chi connectivity index (χ4n) is 2.40. The Morgan fingerprint density at radius 1 is 1.52 bits per heavy atom. The van der Waals surface area contributed by atoms with Gasteiger partial charge in [-0.15, -0.1) is 12.4 Å². The molecule has 1 aliphatic rings. The number of nitrogens with one attached hydrogen (secondary N) is 1. The van der Waals surface area contributed by atoms with Gasteiger partial charge in [0.05, 0.1) is 6.04 Å². The first kappa shape index (κ1) is 17.4. The standard InChI is InChI=1S/C15H23N3O2.ClH/c1-5-18(4)14(19)17-12-9-15(2,3)20-13-7-6-10(16)8-11(12)13;/h6-8,12H,5,9,16H2,1-4H3,(H,17,19);1H. The lowest BCUT2D eigenvalue weighted by Gasteiger charge is -2.38. The lowest BCUT2D eigenvalue weighted by atomic mass is 9.89. The molecule has 1 aliphatic heterocycles. The van der Waals surface area contributed by atoms with Crippen LogP contribution in [0.15, 0.2) is 18.2 Å². The SMILES string of the molecule is CCN(C)C(=O)NC1CC(C)(C)Oc2ccc(N)cc21.Cl. The highest BCUT2D eigenvalue weighted by molar-refractivity contribution is 5.85. The average molecular weight is 314 g/mol. The Balaban J connectivity index is 0.00000220. The molecule has 6 heteroatoms. The predicted octanol–water partition coefficient (Wildman–Crippen LogP) is 2.95. The van der Waals surface area contributed by atoms with Gasteiger partial charge in [-0.25, -0.2) is 4.79 Å². The molecular formula is C15H24ClN3O2. The van der Waals surface area contributed by atoms with E-state index in [1.165, 1.54) is 0 Å². The van der Waals surface area contributed by atoms with Crippen LogP contribution in [0.4, 0.5) is 10.5 Å². The summed E-state index contributed by atoms with van der Waals surface area (Å²) in [6.45, 7) is 6.66. The van der Waals surface area contributed by atoms with Crippen LogP contribution in [0.25, 0.3) is 0 Å². The number of anilines is 1. The van der Waals surface area contributed by atoms with Crippen molar-refractivity contribution in [1.82, 2.24) is 10.2 Å². The number of nitrogen functional groups attached to an aromatic ring is 1. The second-order valence-corrected chi connectivity index (χ2v) is 5.88. The highest BCUT2D eigenvalue weighted by Gasteiger charge is 2.34. The molecule has 0 spiro atoms. The Labute approximate surface area is 132 Å². The number of carbonyl (C=O) groups excluding carboxylic acids is 1. The summed E-state index contributed by atoms with van der Waals surface area (Å²) >= 11 is 0. The van der Waals surface area contributed by atoms with E-state index in [-0.39, 0.29) is 30.1 Å². The van der Waals surface area contributed by atoms with Gasteiger partial charge < -0.3 is 20.7 Å². The predicted molar refractivity (Wildman–Crippen MR) is 87.0 cm³/mol. The molecule has 1 unspecified atom stereocenters. The quantitative estimate of drug-likeness (QED) is 0.825. The minimum atomic E-state index is -0.314. The minimum Gasteiger partial charge on any atom is -0.487 e. The van der Waals surface area contributed by atoms with Gasteiger partial charge in [-0.1, -0.05) is 0 Å². The summed E-state index contributed by atoms with van der Waals surface area (Å²) in [5.41, 5.74) is 7.16. The van der Waals surface area contributed by atoms with E-state index in [0.717, 1.165) is 11.3 Å². The van der Waals surface area contributed by atoms with Gasteiger partial charge in [0.15, 0.2) is 0 Å². The number of hydrogen-bond acceptors (Lipinski definition) is 3. The van der Waals surface area contributed by atoms with E-state index in [2.05, 4.69) is 5.32 Å². The number of ether oxygens (including phenoxy) is 1. The van der Waals surface area contributed by atoms with Crippen molar-refractivity contribution in [2.45, 2.75) is 38.8 Å². The second-order valence-electron chi connectivity index (χ2n) is 5.88. The number of benzene rings is 1. The molecule has 21 heavy (non-hydrogen) atoms. The van der Waals surface area contributed by atoms with Gasteiger partial charge in [-0.05, 0) is 39.0 Å². The van der Waals surface area contributed by atoms with Crippen molar-refractivity contribution in [1.29, 1.82) is 0 Å². The zero-order chi connectivity index (χ0) is 14.9. The molecule has 0 aliphatic carbocycles. The smallest absolute Gasteiger partial charge is 0.317 e. The summed E-state index contributed by atoms with van der Waals surface area (Å²) < 4.78 is 5.95. The second kappa shape index (κ2) is 6.43. The molecule has 118 valence electrons. The summed E-state index contributed by atoms with van der Waals surface area (Å²) in [6.07, 6.45) is 0.715. The van der Waals surface area contributed by atoms with Gasteiger partial charge in [-0.2, -0.15) is 0 Å². The van der Waals surface area contributed by atoms with Crippen molar-refractivity contribution < 1.29 is 9.53 Å². The lowest BCUT2D eigenvalue weighted by Crippen LogP contribution is -2.45. The van der Waals surface area contributed by atoms with Gasteiger partial charge in [0, 0.05) is 31.3 Å². The van der Waals surface area contributed by atoms with Crippen LogP contribution >= 0.6 is 12.4 Å². The largest absolute Gasteiger partial charge is 0.487 e. The molecular weight excluding hydrogens is 290 g/mol. The van der Waals surface area contributed by atoms with E-state index in [1.54, 1.807) is 11.9 Å². The van der Waals surface area contributed by atoms with Gasteiger partial charge in [-0.3, -0.25) is 0 Å². The third-order valence-electron chi connectivity index (χ3n) is 3.61. The number of urea groups is 1. The van der Waals surface area contributed by atoms with E-state index in [1.807, 2.05) is 39.0 Å². The number of amides is 2. The summed E-state index contributed by atoms with van der Waals surface area (Å²) in [5, 5.41) is 3.06. The molecule has 3 N–H and O–H groups in total. The maximum atomic E-state index is 12.1. The van der Waals surface area contributed by atoms with Crippen LogP contribution in [-0.2, 0) is 0 Å². The number of nitrogens with zero attached hydrogens (tertiary/aromatic N) is 1. The molecule has 1 aromatic carbocycles. The van der Waals surface area contributed by atoms with E-state index in [0.29, 0.717) is 18.7 Å². The summed E-state index contributed by atoms with van der Waals surface area (Å²) in [5.74, 6) is 0.792. The van der Waals surface area contributed by atoms with Gasteiger partial charge in [0.25, 0.3) is 0 Å². The third-order valence-corrected chi connectivity index (χ3v) is 3.61. The molecule has 2 amide bonds. The number of carbonyl (C=O) groups is 1. The summed E-state index contributed by atoms with van der Waals surface area (Å²) in [6, 6.07) is 5.40. The molecule has 0 fully saturated rings. The van der Waals surface area contributed by atoms with Crippen LogP contribution in [0.3, 0.4) is 0 Å². The molecule has 0 saturated carbocycles. The van der Waals surface area contributed by atoms with Crippen molar-refractivity contribution in [3.8, 4) is 5.75 Å². The van der Waals surface area contributed by atoms with E-state index in [4.69, 9.17) is 10.5 Å². The van der Waals surface area contributed by atoms with Crippen molar-refractivity contribution in [2.24, 2.45) is 0 Å². The topological polar surface area (TPSA) is 67.6 Å². The van der Waals surface area contributed by atoms with Crippen LogP contribution in [0, 0.1) is 0 Å². The fraction of sp³-hybridized carbons (Fsp3) is 0.533. The van der Waals surface area contributed by atoms with Gasteiger partial charge in [0.2, 0.25) is 0 Å². The zero-order valence-electron chi connectivity index (χ0n) is 13.0. The van der Waals surface area contributed by atoms with Crippen LogP contribution in [0.1, 0.15) is 38.8 Å². The number of rotatable bonds is 2. The molecule has 0 aromatic heterocycles. The van der Waals surface area contributed by atoms with Crippen molar-refractivity contribution in [3.05, 3.63) is 23.8 Å². The summed E-state index contributed by atoms with van der Waals surface area (Å²) in [4.78, 5) is 13.7. The first-order chi connectivity index (χ1) is 9.32. The van der Waals surface area contributed by atoms with E-state index >= 15 is 0 Å². The Morgan fingerprint density at radius 3 is 2.81 bits per heavy atom. The van der Waals surface area contributed by atoms with Crippen molar-refractivity contribution in [2.75, 3.05) is 19.3 Å². The maximum Gasteiger partial charge on any atom is 0.317 e. The van der Waals surface area contributed by atoms with Crippen LogP contribution in [0.2, 0.25) is 0 Å². The van der Waals surface area contributed by atoms with E-state index < -0.39 is 0 Å². The van der Waals surface area contributed by atoms with Crippen LogP contribution in [-0.4, -0.2) is 30.1 Å². The average Bonchev–Trinajstić information content (AvgIpc) is 2.37. The molecule has 0 bridgehead atoms. The minimum absolute atomic E-state index is 0. The highest BCUT2D eigenvalue weighted by Crippen LogP contribution is 2.40. The molecule has 1 aromatic rings. The van der Waals surface area contributed by atoms with Gasteiger partial charge in [0.1, 0.15) is 11.4 Å². The Morgan fingerprint density at radius 2 is 2.19 bits per heavy atom. The maximum absolute atomic E-state index is 12.1. The summed E-state index contributed by atoms with van der Waals surface area (Å²) in [7, 11) is 1.78. The molecule has 2 rings (SSSR count). The highest BCUT2D eigenvalue weighted by atomic mass is 35.5. The molecule has 0 saturated heterocycles. The number of fused-ring (bicyclic) bond motifs is 1. The number of hydrogen-bond donors (Lipinski definition) is 2. The Bertz CT molecular complexity index is 520. The third kappa shape index (κ3) is 3.94. The molecule has 5 nitrogen and oxygen atoms in total. The Hall–Kier alpha value is -1.62. The van der Waals surface area contributed by atoms with Crippen LogP contribution < -0.4 is 15.8 Å². The number of halogens is 1. The fourth-order valence-corrected chi connectivity index (χ4v) is 2.40. The normalized spacial score (nSPS) is 18.8. The monoisotopic (exact) mass is 313 g/mol. The van der Waals surface area contributed by atoms with Gasteiger partial charge >= 0.3 is 6.03 Å². The van der Waals surface area contributed by atoms with Crippen molar-refractivity contribution >= 4 is 24.1 Å². The first-order valence-electron chi connectivity index (χ1n) is 6.92. The zero-order valence-corrected chi connectivity index (χ0v) is 13.8. The van der Waals surface area contributed by atoms with E-state index in [9.17, 15) is 4.79 Å². The first-order valence-corrected chi connectivity index (χ1v) is 6.92. The number of nitrogens with two attached hydrogens (primary N) is 1. The molecule has 0 radical (unpaired) electrons.